The Morgan fingerprint density at radius 2 is 2.23 bits per heavy atom. The van der Waals surface area contributed by atoms with Crippen molar-refractivity contribution in [1.29, 1.82) is 0 Å². The van der Waals surface area contributed by atoms with Gasteiger partial charge < -0.3 is 15.5 Å². The molecule has 2 rings (SSSR count). The lowest BCUT2D eigenvalue weighted by Crippen LogP contribution is -2.26. The normalized spacial score (nSPS) is 20.3. The molecule has 0 bridgehead atoms. The van der Waals surface area contributed by atoms with Crippen LogP contribution in [0.3, 0.4) is 0 Å². The van der Waals surface area contributed by atoms with Gasteiger partial charge in [0.05, 0.1) is 12.1 Å². The summed E-state index contributed by atoms with van der Waals surface area (Å²) in [6.07, 6.45) is -0.284. The highest BCUT2D eigenvalue weighted by atomic mass is 35.5. The van der Waals surface area contributed by atoms with Crippen LogP contribution in [-0.4, -0.2) is 38.2 Å². The first-order chi connectivity index (χ1) is 10.4. The maximum absolute atomic E-state index is 11.6. The Morgan fingerprint density at radius 1 is 1.50 bits per heavy atom. The molecule has 3 N–H and O–H groups in total. The molecule has 0 saturated carbocycles. The Labute approximate surface area is 135 Å². The average molecular weight is 342 g/mol. The van der Waals surface area contributed by atoms with Gasteiger partial charge in [0, 0.05) is 10.6 Å². The first-order valence-electron chi connectivity index (χ1n) is 6.17. The lowest BCUT2D eigenvalue weighted by molar-refractivity contribution is -0.138. The lowest BCUT2D eigenvalue weighted by atomic mass is 10.1. The first-order valence-corrected chi connectivity index (χ1v) is 7.43. The zero-order chi connectivity index (χ0) is 16.3. The summed E-state index contributed by atoms with van der Waals surface area (Å²) in [5.41, 5.74) is 0.831. The van der Waals surface area contributed by atoms with Crippen molar-refractivity contribution >= 4 is 46.1 Å². The van der Waals surface area contributed by atoms with Gasteiger partial charge >= 0.3 is 5.97 Å². The monoisotopic (exact) mass is 341 g/mol. The molecule has 1 aliphatic rings. The molecule has 0 unspecified atom stereocenters. The van der Waals surface area contributed by atoms with E-state index in [1.807, 2.05) is 0 Å². The third-order valence-corrected chi connectivity index (χ3v) is 4.08. The molecule has 1 aromatic rings. The van der Waals surface area contributed by atoms with Gasteiger partial charge in [-0.15, -0.1) is 5.10 Å². The highest BCUT2D eigenvalue weighted by Gasteiger charge is 2.32. The number of aliphatic carboxylic acids is 1. The third kappa shape index (κ3) is 3.99. The Morgan fingerprint density at radius 3 is 2.91 bits per heavy atom. The fraction of sp³-hybridized carbons (Fsp3) is 0.231. The van der Waals surface area contributed by atoms with Crippen LogP contribution in [0.2, 0.25) is 5.02 Å². The zero-order valence-corrected chi connectivity index (χ0v) is 13.0. The summed E-state index contributed by atoms with van der Waals surface area (Å²) in [5.74, 6) is -1.46. The van der Waals surface area contributed by atoms with Crippen molar-refractivity contribution in [3.8, 4) is 5.75 Å². The Balaban J connectivity index is 2.15. The number of rotatable bonds is 4. The van der Waals surface area contributed by atoms with E-state index in [9.17, 15) is 14.7 Å². The number of carboxylic acids is 1. The van der Waals surface area contributed by atoms with E-state index in [2.05, 4.69) is 15.5 Å². The van der Waals surface area contributed by atoms with Gasteiger partial charge in [-0.2, -0.15) is 5.10 Å². The average Bonchev–Trinajstić information content (AvgIpc) is 2.78. The Hall–Kier alpha value is -2.06. The summed E-state index contributed by atoms with van der Waals surface area (Å²) in [5, 5.41) is 28.7. The van der Waals surface area contributed by atoms with E-state index in [0.717, 1.165) is 11.8 Å². The van der Waals surface area contributed by atoms with E-state index >= 15 is 0 Å². The molecule has 22 heavy (non-hydrogen) atoms. The minimum atomic E-state index is -1.06. The van der Waals surface area contributed by atoms with Crippen LogP contribution in [0, 0.1) is 0 Å². The minimum Gasteiger partial charge on any atom is -0.507 e. The molecular formula is C13H12ClN3O4S. The number of phenols is 1. The largest absolute Gasteiger partial charge is 0.507 e. The van der Waals surface area contributed by atoms with Crippen molar-refractivity contribution in [3.63, 3.8) is 0 Å². The zero-order valence-electron chi connectivity index (χ0n) is 11.4. The predicted molar refractivity (Wildman–Crippen MR) is 84.5 cm³/mol. The summed E-state index contributed by atoms with van der Waals surface area (Å²) >= 11 is 6.86. The molecule has 0 aliphatic carbocycles. The summed E-state index contributed by atoms with van der Waals surface area (Å²) in [4.78, 5) is 22.2. The van der Waals surface area contributed by atoms with Gasteiger partial charge in [0.25, 0.3) is 0 Å². The number of hydrogen-bond donors (Lipinski definition) is 3. The number of benzene rings is 1. The van der Waals surface area contributed by atoms with Crippen LogP contribution in [0.25, 0.3) is 0 Å². The first kappa shape index (κ1) is 16.3. The number of amides is 1. The summed E-state index contributed by atoms with van der Waals surface area (Å²) in [6.45, 7) is 1.63. The van der Waals surface area contributed by atoms with E-state index in [1.54, 1.807) is 19.1 Å². The van der Waals surface area contributed by atoms with Crippen LogP contribution in [0.1, 0.15) is 18.9 Å². The maximum Gasteiger partial charge on any atom is 0.305 e. The molecule has 116 valence electrons. The van der Waals surface area contributed by atoms with Gasteiger partial charge in [0.2, 0.25) is 5.91 Å². The molecule has 1 aromatic carbocycles. The van der Waals surface area contributed by atoms with Crippen LogP contribution in [0.4, 0.5) is 0 Å². The standard InChI is InChI=1S/C13H12ClN3O4S/c1-6(8-4-7(14)2-3-9(8)18)16-17-13-15-12(21)10(22-13)5-11(19)20/h2-4,10,18H,5H2,1H3,(H,19,20)(H,15,17,21)/t10-/m0/s1. The number of carbonyl (C=O) groups excluding carboxylic acids is 1. The van der Waals surface area contributed by atoms with Crippen LogP contribution in [0.15, 0.2) is 28.4 Å². The molecule has 1 atom stereocenters. The van der Waals surface area contributed by atoms with Crippen molar-refractivity contribution in [2.75, 3.05) is 0 Å². The molecule has 0 spiro atoms. The molecule has 1 saturated heterocycles. The van der Waals surface area contributed by atoms with Gasteiger partial charge in [-0.05, 0) is 25.1 Å². The summed E-state index contributed by atoms with van der Waals surface area (Å²) in [7, 11) is 0. The molecule has 1 aliphatic heterocycles. The smallest absolute Gasteiger partial charge is 0.305 e. The van der Waals surface area contributed by atoms with Crippen LogP contribution in [0.5, 0.6) is 5.75 Å². The van der Waals surface area contributed by atoms with Gasteiger partial charge in [-0.1, -0.05) is 23.4 Å². The van der Waals surface area contributed by atoms with E-state index < -0.39 is 17.1 Å². The number of thioether (sulfide) groups is 1. The molecular weight excluding hydrogens is 330 g/mol. The number of nitrogens with zero attached hydrogens (tertiary/aromatic N) is 2. The fourth-order valence-corrected chi connectivity index (χ4v) is 2.80. The van der Waals surface area contributed by atoms with Crippen molar-refractivity contribution < 1.29 is 19.8 Å². The van der Waals surface area contributed by atoms with Gasteiger partial charge in [0.15, 0.2) is 5.17 Å². The number of amidine groups is 1. The predicted octanol–water partition coefficient (Wildman–Crippen LogP) is 1.83. The van der Waals surface area contributed by atoms with E-state index in [0.29, 0.717) is 16.3 Å². The number of aromatic hydroxyl groups is 1. The van der Waals surface area contributed by atoms with Crippen LogP contribution in [-0.2, 0) is 9.59 Å². The second-order valence-corrected chi connectivity index (χ2v) is 6.07. The molecule has 7 nitrogen and oxygen atoms in total. The fourth-order valence-electron chi connectivity index (χ4n) is 1.72. The number of carbonyl (C=O) groups is 2. The van der Waals surface area contributed by atoms with Crippen molar-refractivity contribution in [2.45, 2.75) is 18.6 Å². The molecule has 1 fully saturated rings. The second kappa shape index (κ2) is 6.80. The van der Waals surface area contributed by atoms with Crippen molar-refractivity contribution in [2.24, 2.45) is 10.2 Å². The number of hydrogen-bond acceptors (Lipinski definition) is 6. The molecule has 0 radical (unpaired) electrons. The number of carboxylic acid groups (broad SMARTS) is 1. The molecule has 1 amide bonds. The third-order valence-electron chi connectivity index (χ3n) is 2.78. The van der Waals surface area contributed by atoms with Crippen molar-refractivity contribution in [3.05, 3.63) is 28.8 Å². The summed E-state index contributed by atoms with van der Waals surface area (Å²) in [6, 6.07) is 4.53. The molecule has 9 heteroatoms. The van der Waals surface area contributed by atoms with Crippen LogP contribution < -0.4 is 5.32 Å². The van der Waals surface area contributed by atoms with Gasteiger partial charge in [0.1, 0.15) is 11.0 Å². The van der Waals surface area contributed by atoms with Gasteiger partial charge in [-0.3, -0.25) is 9.59 Å². The number of nitrogens with one attached hydrogen (secondary N) is 1. The van der Waals surface area contributed by atoms with E-state index in [-0.39, 0.29) is 17.3 Å². The topological polar surface area (TPSA) is 111 Å². The summed E-state index contributed by atoms with van der Waals surface area (Å²) < 4.78 is 0. The van der Waals surface area contributed by atoms with Crippen LogP contribution >= 0.6 is 23.4 Å². The lowest BCUT2D eigenvalue weighted by Gasteiger charge is -2.03. The highest BCUT2D eigenvalue weighted by molar-refractivity contribution is 8.15. The molecule has 0 aromatic heterocycles. The second-order valence-electron chi connectivity index (χ2n) is 4.45. The van der Waals surface area contributed by atoms with E-state index in [1.165, 1.54) is 6.07 Å². The quantitative estimate of drug-likeness (QED) is 0.571. The van der Waals surface area contributed by atoms with Crippen molar-refractivity contribution in [1.82, 2.24) is 5.32 Å². The maximum atomic E-state index is 11.6. The number of phenolic OH excluding ortho intramolecular Hbond substituents is 1. The molecule has 1 heterocycles. The Bertz CT molecular complexity index is 690. The van der Waals surface area contributed by atoms with E-state index in [4.69, 9.17) is 16.7 Å². The SMILES string of the molecule is CC(=N/N=C1/NC(=O)[C@H](CC(=O)O)S1)c1cc(Cl)ccc1O. The minimum absolute atomic E-state index is 0.0118. The Kier molecular flexibility index (Phi) is 5.04. The van der Waals surface area contributed by atoms with Gasteiger partial charge in [-0.25, -0.2) is 0 Å². The highest BCUT2D eigenvalue weighted by Crippen LogP contribution is 2.24. The number of halogens is 1.